The Hall–Kier alpha value is -1.97. The summed E-state index contributed by atoms with van der Waals surface area (Å²) in [7, 11) is -0.0630. The Morgan fingerprint density at radius 1 is 1.41 bits per heavy atom. The van der Waals surface area contributed by atoms with Crippen LogP contribution >= 0.6 is 0 Å². The fourth-order valence-electron chi connectivity index (χ4n) is 2.92. The van der Waals surface area contributed by atoms with Crippen LogP contribution in [0.1, 0.15) is 12.8 Å². The largest absolute Gasteiger partial charge is 0.473 e. The molecular weight excluding hydrogens is 371 g/mol. The average Bonchev–Trinajstić information content (AvgIpc) is 2.70. The molecule has 150 valence electrons. The van der Waals surface area contributed by atoms with E-state index in [1.807, 2.05) is 7.05 Å². The van der Waals surface area contributed by atoms with Crippen LogP contribution in [0.5, 0.6) is 5.88 Å². The second-order valence-electron chi connectivity index (χ2n) is 6.37. The van der Waals surface area contributed by atoms with Crippen LogP contribution in [0.2, 0.25) is 0 Å². The number of pyridine rings is 1. The van der Waals surface area contributed by atoms with Gasteiger partial charge in [0.2, 0.25) is 15.9 Å². The smallest absolute Gasteiger partial charge is 0.244 e. The zero-order valence-corrected chi connectivity index (χ0v) is 16.6. The second kappa shape index (κ2) is 9.82. The molecule has 0 bridgehead atoms. The van der Waals surface area contributed by atoms with Crippen LogP contribution in [-0.2, 0) is 10.0 Å². The van der Waals surface area contributed by atoms with E-state index in [9.17, 15) is 12.8 Å². The summed E-state index contributed by atoms with van der Waals surface area (Å²) in [5, 5.41) is 5.87. The van der Waals surface area contributed by atoms with Gasteiger partial charge in [-0.1, -0.05) is 6.58 Å². The lowest BCUT2D eigenvalue weighted by atomic mass is 9.95. The molecule has 27 heavy (non-hydrogen) atoms. The quantitative estimate of drug-likeness (QED) is 0.658. The molecule has 0 atom stereocenters. The number of ether oxygens (including phenoxy) is 1. The number of piperidine rings is 1. The van der Waals surface area contributed by atoms with E-state index in [0.717, 1.165) is 18.5 Å². The van der Waals surface area contributed by atoms with E-state index in [1.54, 1.807) is 7.05 Å². The predicted molar refractivity (Wildman–Crippen MR) is 103 cm³/mol. The number of allylic oxidation sites excluding steroid dienone is 1. The van der Waals surface area contributed by atoms with Crippen LogP contribution in [0.15, 0.2) is 47.4 Å². The van der Waals surface area contributed by atoms with Crippen LogP contribution in [0.3, 0.4) is 0 Å². The van der Waals surface area contributed by atoms with Crippen molar-refractivity contribution < 1.29 is 17.5 Å². The van der Waals surface area contributed by atoms with Crippen molar-refractivity contribution in [2.24, 2.45) is 5.92 Å². The summed E-state index contributed by atoms with van der Waals surface area (Å²) in [6.45, 7) is 5.26. The van der Waals surface area contributed by atoms with Crippen molar-refractivity contribution in [2.75, 3.05) is 40.3 Å². The van der Waals surface area contributed by atoms with Gasteiger partial charge in [-0.05, 0) is 26.0 Å². The highest BCUT2D eigenvalue weighted by Crippen LogP contribution is 2.26. The predicted octanol–water partition coefficient (Wildman–Crippen LogP) is 1.67. The van der Waals surface area contributed by atoms with Gasteiger partial charge in [-0.25, -0.2) is 17.8 Å². The van der Waals surface area contributed by atoms with Crippen molar-refractivity contribution >= 4 is 10.0 Å². The molecule has 1 aromatic heterocycles. The minimum atomic E-state index is -3.60. The number of nitrogens with zero attached hydrogens (tertiary/aromatic N) is 2. The van der Waals surface area contributed by atoms with E-state index >= 15 is 0 Å². The number of nitrogens with one attached hydrogen (secondary N) is 2. The minimum absolute atomic E-state index is 0.0410. The minimum Gasteiger partial charge on any atom is -0.473 e. The van der Waals surface area contributed by atoms with Gasteiger partial charge in [0.1, 0.15) is 11.5 Å². The fourth-order valence-corrected chi connectivity index (χ4v) is 4.33. The summed E-state index contributed by atoms with van der Waals surface area (Å²) < 4.78 is 45.1. The normalized spacial score (nSPS) is 16.9. The van der Waals surface area contributed by atoms with Crippen LogP contribution in [0, 0.1) is 5.92 Å². The van der Waals surface area contributed by atoms with Crippen molar-refractivity contribution in [3.05, 3.63) is 42.5 Å². The lowest BCUT2D eigenvalue weighted by Gasteiger charge is -2.32. The van der Waals surface area contributed by atoms with Gasteiger partial charge < -0.3 is 15.4 Å². The maximum Gasteiger partial charge on any atom is 0.244 e. The van der Waals surface area contributed by atoms with Gasteiger partial charge in [-0.15, -0.1) is 0 Å². The number of hydrogen-bond donors (Lipinski definition) is 2. The fraction of sp³-hybridized carbons (Fsp3) is 0.500. The summed E-state index contributed by atoms with van der Waals surface area (Å²) in [4.78, 5) is 4.16. The Bertz CT molecular complexity index is 757. The number of halogens is 1. The zero-order valence-electron chi connectivity index (χ0n) is 15.7. The highest BCUT2D eigenvalue weighted by molar-refractivity contribution is 7.89. The van der Waals surface area contributed by atoms with E-state index in [1.165, 1.54) is 22.6 Å². The van der Waals surface area contributed by atoms with Crippen molar-refractivity contribution in [1.29, 1.82) is 0 Å². The average molecular weight is 399 g/mol. The Kier molecular flexibility index (Phi) is 7.76. The molecule has 0 aliphatic carbocycles. The van der Waals surface area contributed by atoms with Crippen molar-refractivity contribution in [2.45, 2.75) is 17.7 Å². The molecule has 2 rings (SSSR count). The first kappa shape index (κ1) is 21.3. The number of hydrogen-bond acceptors (Lipinski definition) is 6. The Balaban J connectivity index is 1.98. The van der Waals surface area contributed by atoms with Gasteiger partial charge in [-0.2, -0.15) is 4.31 Å². The van der Waals surface area contributed by atoms with Crippen LogP contribution in [0.4, 0.5) is 4.39 Å². The molecule has 1 aromatic rings. The maximum absolute atomic E-state index is 12.8. The van der Waals surface area contributed by atoms with Gasteiger partial charge in [0.15, 0.2) is 0 Å². The van der Waals surface area contributed by atoms with E-state index < -0.39 is 10.0 Å². The molecule has 0 aromatic carbocycles. The summed E-state index contributed by atoms with van der Waals surface area (Å²) >= 11 is 0. The molecule has 0 spiro atoms. The SMILES string of the molecule is C=C(NC)C1CCN(S(=O)(=O)c2ccc(OC/C(=C/F)CNC)nc2)CC1. The molecule has 2 N–H and O–H groups in total. The van der Waals surface area contributed by atoms with Crippen LogP contribution in [-0.4, -0.2) is 58.0 Å². The summed E-state index contributed by atoms with van der Waals surface area (Å²) in [5.74, 6) is 0.527. The van der Waals surface area contributed by atoms with E-state index in [-0.39, 0.29) is 23.3 Å². The molecule has 1 fully saturated rings. The Morgan fingerprint density at radius 3 is 2.63 bits per heavy atom. The topological polar surface area (TPSA) is 83.6 Å². The molecule has 9 heteroatoms. The molecule has 7 nitrogen and oxygen atoms in total. The first-order chi connectivity index (χ1) is 12.9. The summed E-state index contributed by atoms with van der Waals surface area (Å²) in [5.41, 5.74) is 1.37. The Labute approximate surface area is 160 Å². The third kappa shape index (κ3) is 5.50. The van der Waals surface area contributed by atoms with Gasteiger partial charge in [0, 0.05) is 49.9 Å². The van der Waals surface area contributed by atoms with Crippen molar-refractivity contribution in [3.8, 4) is 5.88 Å². The standard InChI is InChI=1S/C18H27FN4O3S/c1-14(21-3)16-6-8-23(9-7-16)27(24,25)17-4-5-18(22-12-17)26-13-15(10-19)11-20-2/h4-5,10,12,16,20-21H,1,6-9,11,13H2,2-3H3/b15-10+. The van der Waals surface area contributed by atoms with E-state index in [0.29, 0.717) is 31.5 Å². The summed E-state index contributed by atoms with van der Waals surface area (Å²) in [6, 6.07) is 2.95. The summed E-state index contributed by atoms with van der Waals surface area (Å²) in [6.07, 6.45) is 3.23. The van der Waals surface area contributed by atoms with Gasteiger partial charge in [0.05, 0.1) is 12.5 Å². The monoisotopic (exact) mass is 398 g/mol. The third-order valence-electron chi connectivity index (χ3n) is 4.58. The first-order valence-corrected chi connectivity index (χ1v) is 10.2. The molecule has 0 saturated carbocycles. The molecule has 2 heterocycles. The van der Waals surface area contributed by atoms with Crippen molar-refractivity contribution in [3.63, 3.8) is 0 Å². The van der Waals surface area contributed by atoms with Crippen LogP contribution in [0.25, 0.3) is 0 Å². The molecule has 0 unspecified atom stereocenters. The lowest BCUT2D eigenvalue weighted by molar-refractivity contribution is 0.293. The number of rotatable bonds is 9. The number of sulfonamides is 1. The van der Waals surface area contributed by atoms with E-state index in [4.69, 9.17) is 4.74 Å². The molecule has 1 aliphatic heterocycles. The van der Waals surface area contributed by atoms with Crippen molar-refractivity contribution in [1.82, 2.24) is 19.9 Å². The molecule has 0 radical (unpaired) electrons. The number of likely N-dealkylation sites (N-methyl/N-ethyl adjacent to an activating group) is 1. The Morgan fingerprint density at radius 2 is 2.11 bits per heavy atom. The molecule has 0 amide bonds. The highest BCUT2D eigenvalue weighted by atomic mass is 32.2. The van der Waals surface area contributed by atoms with Gasteiger partial charge >= 0.3 is 0 Å². The third-order valence-corrected chi connectivity index (χ3v) is 6.46. The molecule has 1 saturated heterocycles. The highest BCUT2D eigenvalue weighted by Gasteiger charge is 2.30. The zero-order chi connectivity index (χ0) is 19.9. The first-order valence-electron chi connectivity index (χ1n) is 8.80. The molecular formula is C18H27FN4O3S. The van der Waals surface area contributed by atoms with E-state index in [2.05, 4.69) is 22.2 Å². The second-order valence-corrected chi connectivity index (χ2v) is 8.31. The molecule has 1 aliphatic rings. The number of aromatic nitrogens is 1. The van der Waals surface area contributed by atoms with Gasteiger partial charge in [0.25, 0.3) is 0 Å². The lowest BCUT2D eigenvalue weighted by Crippen LogP contribution is -2.39. The van der Waals surface area contributed by atoms with Crippen LogP contribution < -0.4 is 15.4 Å². The maximum atomic E-state index is 12.8. The van der Waals surface area contributed by atoms with Gasteiger partial charge in [-0.3, -0.25) is 0 Å².